The molecular weight excluding hydrogens is 388 g/mol. The minimum Gasteiger partial charge on any atom is -0.351 e. The maximum atomic E-state index is 12.8. The van der Waals surface area contributed by atoms with E-state index in [4.69, 9.17) is 17.3 Å². The van der Waals surface area contributed by atoms with E-state index in [9.17, 15) is 9.59 Å². The number of nitrogens with two attached hydrogens (primary N) is 1. The van der Waals surface area contributed by atoms with Crippen LogP contribution < -0.4 is 16.4 Å². The third-order valence-corrected chi connectivity index (χ3v) is 5.21. The molecule has 1 heterocycles. The number of carbonyl (C=O) groups excluding carboxylic acids is 2. The van der Waals surface area contributed by atoms with Crippen LogP contribution in [-0.2, 0) is 6.54 Å². The first-order chi connectivity index (χ1) is 14.1. The number of anilines is 1. The van der Waals surface area contributed by atoms with Crippen molar-refractivity contribution in [2.45, 2.75) is 25.8 Å². The molecule has 0 atom stereocenters. The molecule has 1 aliphatic heterocycles. The van der Waals surface area contributed by atoms with Gasteiger partial charge in [0.1, 0.15) is 0 Å². The van der Waals surface area contributed by atoms with Crippen LogP contribution in [0.2, 0.25) is 5.02 Å². The Kier molecular flexibility index (Phi) is 7.63. The Morgan fingerprint density at radius 2 is 1.76 bits per heavy atom. The van der Waals surface area contributed by atoms with Gasteiger partial charge in [-0.15, -0.1) is 0 Å². The molecule has 154 valence electrons. The molecule has 1 fully saturated rings. The van der Waals surface area contributed by atoms with E-state index in [-0.39, 0.29) is 11.8 Å². The van der Waals surface area contributed by atoms with Crippen molar-refractivity contribution in [2.75, 3.05) is 31.5 Å². The molecule has 3 rings (SSSR count). The van der Waals surface area contributed by atoms with E-state index in [0.717, 1.165) is 25.2 Å². The monoisotopic (exact) mass is 414 g/mol. The zero-order valence-corrected chi connectivity index (χ0v) is 17.2. The second-order valence-electron chi connectivity index (χ2n) is 7.22. The fraction of sp³-hybridized carbons (Fsp3) is 0.364. The summed E-state index contributed by atoms with van der Waals surface area (Å²) < 4.78 is 0. The van der Waals surface area contributed by atoms with Gasteiger partial charge in [-0.3, -0.25) is 14.5 Å². The number of nitrogens with zero attached hydrogens (tertiary/aromatic N) is 1. The van der Waals surface area contributed by atoms with Crippen molar-refractivity contribution in [3.05, 3.63) is 64.2 Å². The van der Waals surface area contributed by atoms with E-state index in [1.165, 1.54) is 19.3 Å². The molecule has 7 heteroatoms. The quantitative estimate of drug-likeness (QED) is 0.648. The molecule has 0 saturated carbocycles. The molecule has 0 bridgehead atoms. The number of likely N-dealkylation sites (tertiary alicyclic amines) is 1. The predicted octanol–water partition coefficient (Wildman–Crippen LogP) is 3.27. The molecular formula is C22H27ClN4O2. The van der Waals surface area contributed by atoms with E-state index in [2.05, 4.69) is 15.5 Å². The maximum Gasteiger partial charge on any atom is 0.255 e. The van der Waals surface area contributed by atoms with Gasteiger partial charge in [0.15, 0.2) is 0 Å². The molecule has 2 aromatic rings. The Balaban J connectivity index is 1.84. The van der Waals surface area contributed by atoms with Crippen LogP contribution in [0.4, 0.5) is 5.69 Å². The highest BCUT2D eigenvalue weighted by Gasteiger charge is 2.17. The summed E-state index contributed by atoms with van der Waals surface area (Å²) in [5.41, 5.74) is 8.05. The largest absolute Gasteiger partial charge is 0.351 e. The fourth-order valence-electron chi connectivity index (χ4n) is 3.44. The van der Waals surface area contributed by atoms with Crippen LogP contribution in [0.1, 0.15) is 45.5 Å². The van der Waals surface area contributed by atoms with E-state index in [0.29, 0.717) is 34.9 Å². The molecule has 1 aliphatic rings. The van der Waals surface area contributed by atoms with Crippen LogP contribution in [0.15, 0.2) is 42.5 Å². The van der Waals surface area contributed by atoms with Gasteiger partial charge in [0.25, 0.3) is 11.8 Å². The molecule has 1 saturated heterocycles. The highest BCUT2D eigenvalue weighted by molar-refractivity contribution is 6.31. The molecule has 6 nitrogen and oxygen atoms in total. The summed E-state index contributed by atoms with van der Waals surface area (Å²) in [6.45, 7) is 3.59. The topological polar surface area (TPSA) is 87.5 Å². The van der Waals surface area contributed by atoms with Crippen LogP contribution in [0.5, 0.6) is 0 Å². The van der Waals surface area contributed by atoms with Crippen LogP contribution in [0.25, 0.3) is 0 Å². The third kappa shape index (κ3) is 6.03. The summed E-state index contributed by atoms with van der Waals surface area (Å²) in [5.74, 6) is -0.467. The lowest BCUT2D eigenvalue weighted by atomic mass is 10.0. The lowest BCUT2D eigenvalue weighted by molar-refractivity contribution is 0.0953. The van der Waals surface area contributed by atoms with Crippen molar-refractivity contribution in [2.24, 2.45) is 5.73 Å². The number of rotatable bonds is 7. The SMILES string of the molecule is NCCNC(=O)c1ccc(CN2CCCCC2)c(NC(=O)c2cccc(Cl)c2)c1. The van der Waals surface area contributed by atoms with Gasteiger partial charge in [-0.05, 0) is 61.8 Å². The second kappa shape index (κ2) is 10.4. The Morgan fingerprint density at radius 3 is 2.48 bits per heavy atom. The molecule has 0 radical (unpaired) electrons. The minimum absolute atomic E-state index is 0.210. The highest BCUT2D eigenvalue weighted by atomic mass is 35.5. The smallest absolute Gasteiger partial charge is 0.255 e. The number of nitrogens with one attached hydrogen (secondary N) is 2. The molecule has 0 spiro atoms. The standard InChI is InChI=1S/C22H27ClN4O2/c23-19-6-4-5-16(13-19)22(29)26-20-14-17(21(28)25-10-9-24)7-8-18(20)15-27-11-2-1-3-12-27/h4-8,13-14H,1-3,9-12,15,24H2,(H,25,28)(H,26,29). The Bertz CT molecular complexity index is 866. The van der Waals surface area contributed by atoms with Crippen molar-refractivity contribution in [3.8, 4) is 0 Å². The summed E-state index contributed by atoms with van der Waals surface area (Å²) in [5, 5.41) is 6.23. The molecule has 29 heavy (non-hydrogen) atoms. The van der Waals surface area contributed by atoms with Gasteiger partial charge in [-0.1, -0.05) is 30.2 Å². The van der Waals surface area contributed by atoms with Gasteiger partial charge < -0.3 is 16.4 Å². The van der Waals surface area contributed by atoms with Gasteiger partial charge in [-0.2, -0.15) is 0 Å². The number of halogens is 1. The number of hydrogen-bond acceptors (Lipinski definition) is 4. The normalized spacial score (nSPS) is 14.4. The van der Waals surface area contributed by atoms with E-state index in [1.54, 1.807) is 36.4 Å². The zero-order valence-electron chi connectivity index (χ0n) is 16.4. The molecule has 4 N–H and O–H groups in total. The van der Waals surface area contributed by atoms with Crippen molar-refractivity contribution in [3.63, 3.8) is 0 Å². The maximum absolute atomic E-state index is 12.8. The van der Waals surface area contributed by atoms with Crippen LogP contribution in [0, 0.1) is 0 Å². The lowest BCUT2D eigenvalue weighted by Gasteiger charge is -2.27. The summed E-state index contributed by atoms with van der Waals surface area (Å²) in [6.07, 6.45) is 3.63. The molecule has 0 unspecified atom stereocenters. The first-order valence-corrected chi connectivity index (χ1v) is 10.3. The number of amides is 2. The predicted molar refractivity (Wildman–Crippen MR) is 116 cm³/mol. The van der Waals surface area contributed by atoms with Crippen molar-refractivity contribution >= 4 is 29.1 Å². The zero-order chi connectivity index (χ0) is 20.6. The highest BCUT2D eigenvalue weighted by Crippen LogP contribution is 2.23. The number of hydrogen-bond donors (Lipinski definition) is 3. The van der Waals surface area contributed by atoms with E-state index < -0.39 is 0 Å². The van der Waals surface area contributed by atoms with Gasteiger partial charge in [-0.25, -0.2) is 0 Å². The van der Waals surface area contributed by atoms with Crippen molar-refractivity contribution < 1.29 is 9.59 Å². The van der Waals surface area contributed by atoms with E-state index in [1.807, 2.05) is 6.07 Å². The van der Waals surface area contributed by atoms with Gasteiger partial charge in [0.05, 0.1) is 0 Å². The van der Waals surface area contributed by atoms with Gasteiger partial charge in [0.2, 0.25) is 0 Å². The summed E-state index contributed by atoms with van der Waals surface area (Å²) >= 11 is 6.02. The number of benzene rings is 2. The minimum atomic E-state index is -0.257. The van der Waals surface area contributed by atoms with E-state index >= 15 is 0 Å². The van der Waals surface area contributed by atoms with Crippen LogP contribution >= 0.6 is 11.6 Å². The average Bonchev–Trinajstić information content (AvgIpc) is 2.74. The molecule has 0 aliphatic carbocycles. The van der Waals surface area contributed by atoms with Gasteiger partial charge in [0, 0.05) is 41.5 Å². The molecule has 0 aromatic heterocycles. The van der Waals surface area contributed by atoms with Crippen LogP contribution in [-0.4, -0.2) is 42.9 Å². The summed E-state index contributed by atoms with van der Waals surface area (Å²) in [7, 11) is 0. The first-order valence-electron chi connectivity index (χ1n) is 9.97. The third-order valence-electron chi connectivity index (χ3n) is 4.98. The Labute approximate surface area is 176 Å². The summed E-state index contributed by atoms with van der Waals surface area (Å²) in [6, 6.07) is 12.2. The van der Waals surface area contributed by atoms with Crippen molar-refractivity contribution in [1.82, 2.24) is 10.2 Å². The fourth-order valence-corrected chi connectivity index (χ4v) is 3.63. The van der Waals surface area contributed by atoms with Crippen molar-refractivity contribution in [1.29, 1.82) is 0 Å². The number of piperidine rings is 1. The Morgan fingerprint density at radius 1 is 1.00 bits per heavy atom. The number of carbonyl (C=O) groups is 2. The average molecular weight is 415 g/mol. The second-order valence-corrected chi connectivity index (χ2v) is 7.65. The molecule has 2 aromatic carbocycles. The first kappa shape index (κ1) is 21.3. The summed E-state index contributed by atoms with van der Waals surface area (Å²) in [4.78, 5) is 27.5. The lowest BCUT2D eigenvalue weighted by Crippen LogP contribution is -2.30. The van der Waals surface area contributed by atoms with Gasteiger partial charge >= 0.3 is 0 Å². The molecule has 2 amide bonds. The Hall–Kier alpha value is -2.41. The van der Waals surface area contributed by atoms with Crippen LogP contribution in [0.3, 0.4) is 0 Å².